The van der Waals surface area contributed by atoms with E-state index in [-0.39, 0.29) is 18.5 Å². The van der Waals surface area contributed by atoms with Crippen LogP contribution in [-0.4, -0.2) is 35.8 Å². The lowest BCUT2D eigenvalue weighted by Crippen LogP contribution is -2.16. The number of carbonyl (C=O) groups is 1. The van der Waals surface area contributed by atoms with Gasteiger partial charge < -0.3 is 19.9 Å². The van der Waals surface area contributed by atoms with Gasteiger partial charge in [0, 0.05) is 12.1 Å². The first-order valence-electron chi connectivity index (χ1n) is 5.81. The number of imidazole rings is 1. The van der Waals surface area contributed by atoms with Gasteiger partial charge in [-0.2, -0.15) is 0 Å². The van der Waals surface area contributed by atoms with Gasteiger partial charge in [0.2, 0.25) is 5.95 Å². The molecule has 3 rings (SSSR count). The van der Waals surface area contributed by atoms with Crippen LogP contribution in [0.2, 0.25) is 0 Å². The van der Waals surface area contributed by atoms with Crippen molar-refractivity contribution in [2.45, 2.75) is 6.54 Å². The van der Waals surface area contributed by atoms with E-state index < -0.39 is 0 Å². The Hall–Kier alpha value is -2.44. The molecule has 0 spiro atoms. The molecule has 1 aliphatic rings. The van der Waals surface area contributed by atoms with Crippen LogP contribution >= 0.6 is 0 Å². The molecule has 0 amide bonds. The summed E-state index contributed by atoms with van der Waals surface area (Å²) in [4.78, 5) is 15.6. The summed E-state index contributed by atoms with van der Waals surface area (Å²) in [5, 5.41) is 0. The maximum absolute atomic E-state index is 11.4. The van der Waals surface area contributed by atoms with Gasteiger partial charge in [0.05, 0.1) is 18.1 Å². The maximum Gasteiger partial charge on any atom is 0.325 e. The van der Waals surface area contributed by atoms with Crippen molar-refractivity contribution in [2.75, 3.05) is 26.1 Å². The number of benzene rings is 1. The summed E-state index contributed by atoms with van der Waals surface area (Å²) >= 11 is 0. The molecule has 100 valence electrons. The molecule has 2 aromatic rings. The number of rotatable bonds is 2. The fraction of sp³-hybridized carbons (Fsp3) is 0.333. The van der Waals surface area contributed by atoms with Gasteiger partial charge in [-0.25, -0.2) is 4.98 Å². The van der Waals surface area contributed by atoms with Crippen LogP contribution in [-0.2, 0) is 16.1 Å². The molecule has 0 atom stereocenters. The molecule has 0 aliphatic carbocycles. The van der Waals surface area contributed by atoms with Crippen molar-refractivity contribution in [3.8, 4) is 11.5 Å². The number of carbonyl (C=O) groups excluding carboxylic acids is 1. The average molecular weight is 263 g/mol. The number of nitrogens with zero attached hydrogens (tertiary/aromatic N) is 2. The van der Waals surface area contributed by atoms with E-state index in [2.05, 4.69) is 9.72 Å². The van der Waals surface area contributed by atoms with Gasteiger partial charge in [-0.1, -0.05) is 0 Å². The summed E-state index contributed by atoms with van der Waals surface area (Å²) in [6.07, 6.45) is 0. The predicted octanol–water partition coefficient (Wildman–Crippen LogP) is 0.563. The summed E-state index contributed by atoms with van der Waals surface area (Å²) < 4.78 is 17.2. The third-order valence-corrected chi connectivity index (χ3v) is 2.96. The number of hydrogen-bond donors (Lipinski definition) is 1. The number of nitrogen functional groups attached to an aromatic ring is 1. The van der Waals surface area contributed by atoms with Crippen molar-refractivity contribution in [1.29, 1.82) is 0 Å². The minimum Gasteiger partial charge on any atom is -0.486 e. The third kappa shape index (κ3) is 1.92. The number of hydrogen-bond acceptors (Lipinski definition) is 6. The second-order valence-electron chi connectivity index (χ2n) is 4.12. The molecule has 0 radical (unpaired) electrons. The van der Waals surface area contributed by atoms with Crippen LogP contribution in [0.4, 0.5) is 5.95 Å². The quantitative estimate of drug-likeness (QED) is 0.796. The Kier molecular flexibility index (Phi) is 2.66. The molecule has 0 unspecified atom stereocenters. The number of ether oxygens (including phenoxy) is 3. The van der Waals surface area contributed by atoms with Gasteiger partial charge in [-0.05, 0) is 0 Å². The summed E-state index contributed by atoms with van der Waals surface area (Å²) in [6, 6.07) is 3.53. The van der Waals surface area contributed by atoms with Crippen LogP contribution in [0, 0.1) is 0 Å². The predicted molar refractivity (Wildman–Crippen MR) is 67.2 cm³/mol. The fourth-order valence-electron chi connectivity index (χ4n) is 2.04. The molecule has 19 heavy (non-hydrogen) atoms. The molecule has 0 saturated heterocycles. The Bertz CT molecular complexity index is 650. The highest BCUT2D eigenvalue weighted by Crippen LogP contribution is 2.35. The van der Waals surface area contributed by atoms with E-state index in [9.17, 15) is 4.79 Å². The number of aromatic nitrogens is 2. The van der Waals surface area contributed by atoms with E-state index in [0.717, 1.165) is 0 Å². The van der Waals surface area contributed by atoms with Crippen molar-refractivity contribution in [1.82, 2.24) is 9.55 Å². The first-order valence-corrected chi connectivity index (χ1v) is 5.81. The lowest BCUT2D eigenvalue weighted by atomic mass is 10.2. The molecule has 1 aliphatic heterocycles. The second-order valence-corrected chi connectivity index (χ2v) is 4.12. The number of methoxy groups -OCH3 is 1. The van der Waals surface area contributed by atoms with E-state index in [1.807, 2.05) is 0 Å². The van der Waals surface area contributed by atoms with E-state index >= 15 is 0 Å². The van der Waals surface area contributed by atoms with Crippen molar-refractivity contribution in [3.05, 3.63) is 12.1 Å². The molecular formula is C12H13N3O4. The molecule has 7 nitrogen and oxygen atoms in total. The molecule has 2 N–H and O–H groups in total. The summed E-state index contributed by atoms with van der Waals surface area (Å²) in [5.41, 5.74) is 7.19. The molecule has 2 heterocycles. The largest absolute Gasteiger partial charge is 0.486 e. The summed E-state index contributed by atoms with van der Waals surface area (Å²) in [6.45, 7) is 1.02. The van der Waals surface area contributed by atoms with Gasteiger partial charge in [0.1, 0.15) is 19.8 Å². The Morgan fingerprint density at radius 2 is 2.11 bits per heavy atom. The highest BCUT2D eigenvalue weighted by Gasteiger charge is 2.18. The van der Waals surface area contributed by atoms with Crippen LogP contribution in [0.3, 0.4) is 0 Å². The van der Waals surface area contributed by atoms with Crippen molar-refractivity contribution < 1.29 is 19.0 Å². The second kappa shape index (κ2) is 4.34. The van der Waals surface area contributed by atoms with Crippen LogP contribution in [0.5, 0.6) is 11.5 Å². The van der Waals surface area contributed by atoms with Gasteiger partial charge in [-0.15, -0.1) is 0 Å². The van der Waals surface area contributed by atoms with E-state index in [4.69, 9.17) is 15.2 Å². The molecular weight excluding hydrogens is 250 g/mol. The fourth-order valence-corrected chi connectivity index (χ4v) is 2.04. The van der Waals surface area contributed by atoms with Gasteiger partial charge in [-0.3, -0.25) is 9.36 Å². The summed E-state index contributed by atoms with van der Waals surface area (Å²) in [7, 11) is 1.33. The van der Waals surface area contributed by atoms with Gasteiger partial charge >= 0.3 is 5.97 Å². The minimum atomic E-state index is -0.388. The average Bonchev–Trinajstić information content (AvgIpc) is 2.72. The van der Waals surface area contributed by atoms with Crippen molar-refractivity contribution in [2.24, 2.45) is 0 Å². The van der Waals surface area contributed by atoms with Crippen molar-refractivity contribution in [3.63, 3.8) is 0 Å². The highest BCUT2D eigenvalue weighted by atomic mass is 16.6. The molecule has 0 saturated carbocycles. The number of anilines is 1. The lowest BCUT2D eigenvalue weighted by Gasteiger charge is -2.18. The first kappa shape index (κ1) is 11.6. The Morgan fingerprint density at radius 1 is 1.42 bits per heavy atom. The molecule has 7 heteroatoms. The maximum atomic E-state index is 11.4. The Morgan fingerprint density at radius 3 is 2.79 bits per heavy atom. The smallest absolute Gasteiger partial charge is 0.325 e. The first-order chi connectivity index (χ1) is 9.19. The van der Waals surface area contributed by atoms with Crippen LogP contribution in [0.1, 0.15) is 0 Å². The van der Waals surface area contributed by atoms with E-state index in [1.165, 1.54) is 7.11 Å². The van der Waals surface area contributed by atoms with E-state index in [0.29, 0.717) is 35.7 Å². The number of fused-ring (bicyclic) bond motifs is 2. The van der Waals surface area contributed by atoms with E-state index in [1.54, 1.807) is 16.7 Å². The zero-order chi connectivity index (χ0) is 13.4. The Balaban J connectivity index is 2.11. The van der Waals surface area contributed by atoms with Gasteiger partial charge in [0.15, 0.2) is 11.5 Å². The normalized spacial score (nSPS) is 13.5. The standard InChI is InChI=1S/C12H13N3O4/c1-17-11(16)6-15-8-5-10-9(18-2-3-19-10)4-7(8)14-12(15)13/h4-5H,2-3,6H2,1H3,(H2,13,14). The zero-order valence-electron chi connectivity index (χ0n) is 10.4. The summed E-state index contributed by atoms with van der Waals surface area (Å²) in [5.74, 6) is 1.13. The monoisotopic (exact) mass is 263 g/mol. The number of esters is 1. The topological polar surface area (TPSA) is 88.6 Å². The molecule has 0 bridgehead atoms. The SMILES string of the molecule is COC(=O)Cn1c(N)nc2cc3c(cc21)OCCO3. The number of nitrogens with two attached hydrogens (primary N) is 1. The minimum absolute atomic E-state index is 0.0124. The zero-order valence-corrected chi connectivity index (χ0v) is 10.4. The lowest BCUT2D eigenvalue weighted by molar-refractivity contribution is -0.141. The van der Waals surface area contributed by atoms with Crippen LogP contribution < -0.4 is 15.2 Å². The highest BCUT2D eigenvalue weighted by molar-refractivity contribution is 5.84. The Labute approximate surface area is 108 Å². The molecule has 0 fully saturated rings. The third-order valence-electron chi connectivity index (χ3n) is 2.96. The van der Waals surface area contributed by atoms with Crippen LogP contribution in [0.15, 0.2) is 12.1 Å². The van der Waals surface area contributed by atoms with Gasteiger partial charge in [0.25, 0.3) is 0 Å². The molecule has 1 aromatic heterocycles. The van der Waals surface area contributed by atoms with Crippen molar-refractivity contribution >= 4 is 23.0 Å². The molecule has 1 aromatic carbocycles. The van der Waals surface area contributed by atoms with Crippen LogP contribution in [0.25, 0.3) is 11.0 Å².